The van der Waals surface area contributed by atoms with Crippen LogP contribution in [0.15, 0.2) is 12.1 Å². The van der Waals surface area contributed by atoms with E-state index in [1.807, 2.05) is 0 Å². The minimum Gasteiger partial charge on any atom is -0.293 e. The molecule has 0 unspecified atom stereocenters. The molecule has 0 spiro atoms. The van der Waals surface area contributed by atoms with Gasteiger partial charge in [0.25, 0.3) is 0 Å². The summed E-state index contributed by atoms with van der Waals surface area (Å²) >= 11 is 4.92. The van der Waals surface area contributed by atoms with Crippen molar-refractivity contribution in [2.24, 2.45) is 0 Å². The Morgan fingerprint density at radius 2 is 1.16 bits per heavy atom. The van der Waals surface area contributed by atoms with Crippen molar-refractivity contribution in [3.8, 4) is 0 Å². The lowest BCUT2D eigenvalue weighted by Gasteiger charge is -1.96. The SMILES string of the molecule is CCCCCC(=O)c1cc2sc3cc(C(=O)CCCCC)sc3c2s1. The third kappa shape index (κ3) is 4.21. The molecule has 0 atom stereocenters. The van der Waals surface area contributed by atoms with Gasteiger partial charge in [-0.15, -0.1) is 34.0 Å². The maximum atomic E-state index is 12.3. The molecule has 0 amide bonds. The highest BCUT2D eigenvalue weighted by Gasteiger charge is 2.18. The van der Waals surface area contributed by atoms with Crippen LogP contribution in [0.5, 0.6) is 0 Å². The average Bonchev–Trinajstić information content (AvgIpc) is 3.25. The zero-order valence-electron chi connectivity index (χ0n) is 14.9. The Kier molecular flexibility index (Phi) is 6.42. The number of unbranched alkanes of at least 4 members (excludes halogenated alkanes) is 4. The maximum absolute atomic E-state index is 12.3. The highest BCUT2D eigenvalue weighted by Crippen LogP contribution is 2.44. The van der Waals surface area contributed by atoms with Crippen molar-refractivity contribution < 1.29 is 9.59 Å². The Morgan fingerprint density at radius 1 is 0.720 bits per heavy atom. The van der Waals surface area contributed by atoms with Gasteiger partial charge in [0.15, 0.2) is 11.6 Å². The minimum absolute atomic E-state index is 0.266. The van der Waals surface area contributed by atoms with Crippen molar-refractivity contribution in [3.63, 3.8) is 0 Å². The van der Waals surface area contributed by atoms with Gasteiger partial charge < -0.3 is 0 Å². The second-order valence-electron chi connectivity index (χ2n) is 6.47. The molecule has 25 heavy (non-hydrogen) atoms. The van der Waals surface area contributed by atoms with Crippen LogP contribution in [0.4, 0.5) is 0 Å². The molecule has 5 heteroatoms. The molecule has 3 rings (SSSR count). The molecular formula is C20H24O2S3. The first-order chi connectivity index (χ1) is 12.1. The van der Waals surface area contributed by atoms with Gasteiger partial charge in [-0.2, -0.15) is 0 Å². The molecule has 0 bridgehead atoms. The number of hydrogen-bond donors (Lipinski definition) is 0. The fraction of sp³-hybridized carbons (Fsp3) is 0.500. The number of hydrogen-bond acceptors (Lipinski definition) is 5. The summed E-state index contributed by atoms with van der Waals surface area (Å²) in [5.74, 6) is 0.532. The number of carbonyl (C=O) groups is 2. The zero-order chi connectivity index (χ0) is 17.8. The van der Waals surface area contributed by atoms with Crippen molar-refractivity contribution in [1.82, 2.24) is 0 Å². The molecule has 0 aliphatic carbocycles. The first-order valence-corrected chi connectivity index (χ1v) is 11.6. The molecule has 3 heterocycles. The van der Waals surface area contributed by atoms with Gasteiger partial charge in [-0.25, -0.2) is 0 Å². The third-order valence-electron chi connectivity index (χ3n) is 4.39. The van der Waals surface area contributed by atoms with E-state index < -0.39 is 0 Å². The van der Waals surface area contributed by atoms with Gasteiger partial charge in [-0.05, 0) is 25.0 Å². The van der Waals surface area contributed by atoms with Crippen LogP contribution in [0.1, 0.15) is 84.6 Å². The summed E-state index contributed by atoms with van der Waals surface area (Å²) in [4.78, 5) is 26.5. The van der Waals surface area contributed by atoms with Crippen molar-refractivity contribution in [3.05, 3.63) is 21.9 Å². The first-order valence-electron chi connectivity index (χ1n) is 9.16. The van der Waals surface area contributed by atoms with E-state index in [0.29, 0.717) is 12.8 Å². The molecule has 2 nitrogen and oxygen atoms in total. The predicted octanol–water partition coefficient (Wildman–Crippen LogP) is 7.70. The Hall–Kier alpha value is -1.04. The fourth-order valence-corrected chi connectivity index (χ4v) is 6.89. The lowest BCUT2D eigenvalue weighted by Crippen LogP contribution is -1.94. The highest BCUT2D eigenvalue weighted by atomic mass is 32.1. The van der Waals surface area contributed by atoms with E-state index in [-0.39, 0.29) is 11.6 Å². The van der Waals surface area contributed by atoms with Gasteiger partial charge in [0.1, 0.15) is 0 Å². The zero-order valence-corrected chi connectivity index (χ0v) is 17.3. The van der Waals surface area contributed by atoms with Crippen molar-refractivity contribution in [2.45, 2.75) is 65.2 Å². The molecular weight excluding hydrogens is 368 g/mol. The van der Waals surface area contributed by atoms with E-state index in [0.717, 1.165) is 48.3 Å². The van der Waals surface area contributed by atoms with E-state index in [1.54, 1.807) is 34.0 Å². The number of rotatable bonds is 10. The Balaban J connectivity index is 1.78. The topological polar surface area (TPSA) is 34.1 Å². The van der Waals surface area contributed by atoms with Crippen molar-refractivity contribution in [1.29, 1.82) is 0 Å². The lowest BCUT2D eigenvalue weighted by atomic mass is 10.1. The number of ketones is 2. The fourth-order valence-electron chi connectivity index (χ4n) is 2.93. The van der Waals surface area contributed by atoms with Gasteiger partial charge >= 0.3 is 0 Å². The summed E-state index contributed by atoms with van der Waals surface area (Å²) in [5.41, 5.74) is 0. The largest absolute Gasteiger partial charge is 0.293 e. The molecule has 134 valence electrons. The van der Waals surface area contributed by atoms with Gasteiger partial charge in [0, 0.05) is 22.2 Å². The van der Waals surface area contributed by atoms with E-state index in [2.05, 4.69) is 26.0 Å². The summed E-state index contributed by atoms with van der Waals surface area (Å²) in [6, 6.07) is 4.10. The van der Waals surface area contributed by atoms with Crippen molar-refractivity contribution >= 4 is 64.4 Å². The minimum atomic E-state index is 0.266. The van der Waals surface area contributed by atoms with Crippen LogP contribution in [0.3, 0.4) is 0 Å². The number of carbonyl (C=O) groups excluding carboxylic acids is 2. The standard InChI is InChI=1S/C20H24O2S3/c1-3-5-7-9-13(21)15-11-17-19(24-15)20-18(23-17)12-16(25-20)14(22)10-8-6-4-2/h11-12H,3-10H2,1-2H3. The number of Topliss-reactive ketones (excluding diaryl/α,β-unsaturated/α-hetero) is 2. The molecule has 0 saturated heterocycles. The Labute approximate surface area is 160 Å². The maximum Gasteiger partial charge on any atom is 0.172 e. The number of fused-ring (bicyclic) bond motifs is 3. The van der Waals surface area contributed by atoms with E-state index in [1.165, 1.54) is 18.8 Å². The van der Waals surface area contributed by atoms with E-state index >= 15 is 0 Å². The molecule has 0 N–H and O–H groups in total. The second-order valence-corrected chi connectivity index (χ2v) is 9.66. The molecule has 0 fully saturated rings. The summed E-state index contributed by atoms with van der Waals surface area (Å²) in [7, 11) is 0. The highest BCUT2D eigenvalue weighted by molar-refractivity contribution is 7.39. The summed E-state index contributed by atoms with van der Waals surface area (Å²) in [5, 5.41) is 0. The summed E-state index contributed by atoms with van der Waals surface area (Å²) in [6.45, 7) is 4.31. The van der Waals surface area contributed by atoms with Crippen LogP contribution >= 0.6 is 34.0 Å². The third-order valence-corrected chi connectivity index (χ3v) is 8.25. The number of thiophene rings is 3. The molecule has 3 aromatic rings. The van der Waals surface area contributed by atoms with Gasteiger partial charge in [0.05, 0.1) is 19.2 Å². The first kappa shape index (κ1) is 18.7. The van der Waals surface area contributed by atoms with Crippen LogP contribution in [0.25, 0.3) is 18.8 Å². The van der Waals surface area contributed by atoms with E-state index in [4.69, 9.17) is 0 Å². The van der Waals surface area contributed by atoms with Crippen LogP contribution in [0, 0.1) is 0 Å². The van der Waals surface area contributed by atoms with Crippen LogP contribution in [-0.4, -0.2) is 11.6 Å². The predicted molar refractivity (Wildman–Crippen MR) is 112 cm³/mol. The van der Waals surface area contributed by atoms with Gasteiger partial charge in [0.2, 0.25) is 0 Å². The second kappa shape index (κ2) is 8.56. The molecule has 0 saturated carbocycles. The molecule has 0 aliphatic heterocycles. The summed E-state index contributed by atoms with van der Waals surface area (Å²) in [6.07, 6.45) is 7.76. The van der Waals surface area contributed by atoms with E-state index in [9.17, 15) is 9.59 Å². The smallest absolute Gasteiger partial charge is 0.172 e. The Morgan fingerprint density at radius 3 is 1.56 bits per heavy atom. The van der Waals surface area contributed by atoms with Gasteiger partial charge in [-0.1, -0.05) is 39.5 Å². The van der Waals surface area contributed by atoms with Gasteiger partial charge in [-0.3, -0.25) is 9.59 Å². The van der Waals surface area contributed by atoms with Crippen LogP contribution < -0.4 is 0 Å². The molecule has 0 aliphatic rings. The Bertz CT molecular complexity index is 811. The van der Waals surface area contributed by atoms with Crippen LogP contribution in [0.2, 0.25) is 0 Å². The molecule has 0 aromatic carbocycles. The molecule has 0 radical (unpaired) electrons. The van der Waals surface area contributed by atoms with Crippen molar-refractivity contribution in [2.75, 3.05) is 0 Å². The summed E-state index contributed by atoms with van der Waals surface area (Å²) < 4.78 is 4.76. The monoisotopic (exact) mass is 392 g/mol. The average molecular weight is 393 g/mol. The lowest BCUT2D eigenvalue weighted by molar-refractivity contribution is 0.0975. The quantitative estimate of drug-likeness (QED) is 0.261. The molecule has 3 aromatic heterocycles. The van der Waals surface area contributed by atoms with Crippen LogP contribution in [-0.2, 0) is 0 Å². The normalized spacial score (nSPS) is 11.6.